The van der Waals surface area contributed by atoms with Gasteiger partial charge in [0.05, 0.1) is 18.9 Å². The highest BCUT2D eigenvalue weighted by atomic mass is 35.5. The van der Waals surface area contributed by atoms with E-state index in [-0.39, 0.29) is 15.2 Å². The highest BCUT2D eigenvalue weighted by Gasteiger charge is 2.23. The van der Waals surface area contributed by atoms with E-state index >= 15 is 0 Å². The first-order valence-electron chi connectivity index (χ1n) is 11.2. The summed E-state index contributed by atoms with van der Waals surface area (Å²) in [5.41, 5.74) is 2.56. The zero-order valence-electron chi connectivity index (χ0n) is 18.8. The minimum Gasteiger partial charge on any atom is -0.494 e. The molecule has 1 saturated heterocycles. The summed E-state index contributed by atoms with van der Waals surface area (Å²) in [6, 6.07) is 3.59. The third kappa shape index (κ3) is 5.99. The van der Waals surface area contributed by atoms with Gasteiger partial charge in [-0.05, 0) is 49.2 Å². The van der Waals surface area contributed by atoms with Gasteiger partial charge in [-0.15, -0.1) is 5.10 Å². The predicted octanol–water partition coefficient (Wildman–Crippen LogP) is 4.66. The topological polar surface area (TPSA) is 119 Å². The molecule has 0 spiro atoms. The lowest BCUT2D eigenvalue weighted by Gasteiger charge is -2.16. The van der Waals surface area contributed by atoms with Crippen LogP contribution in [0.3, 0.4) is 0 Å². The van der Waals surface area contributed by atoms with Gasteiger partial charge in [0, 0.05) is 42.1 Å². The fourth-order valence-electron chi connectivity index (χ4n) is 4.07. The Kier molecular flexibility index (Phi) is 8.25. The Balaban J connectivity index is 0.000000486. The predicted molar refractivity (Wildman–Crippen MR) is 131 cm³/mol. The summed E-state index contributed by atoms with van der Waals surface area (Å²) < 4.78 is 10.4. The Morgan fingerprint density at radius 1 is 1.15 bits per heavy atom. The van der Waals surface area contributed by atoms with Crippen LogP contribution in [-0.4, -0.2) is 46.4 Å². The highest BCUT2D eigenvalue weighted by molar-refractivity contribution is 7.13. The summed E-state index contributed by atoms with van der Waals surface area (Å²) >= 11 is 6.94. The molecule has 1 aliphatic carbocycles. The maximum Gasteiger partial charge on any atom is 0.324 e. The monoisotopic (exact) mass is 503 g/mol. The van der Waals surface area contributed by atoms with E-state index in [0.717, 1.165) is 43.1 Å². The van der Waals surface area contributed by atoms with Crippen LogP contribution in [0.25, 0.3) is 11.1 Å². The van der Waals surface area contributed by atoms with Crippen molar-refractivity contribution in [1.82, 2.24) is 20.2 Å². The van der Waals surface area contributed by atoms with Crippen molar-refractivity contribution in [1.29, 1.82) is 0 Å². The van der Waals surface area contributed by atoms with Crippen molar-refractivity contribution in [3.05, 3.63) is 50.6 Å². The molecule has 2 aliphatic rings. The highest BCUT2D eigenvalue weighted by Crippen LogP contribution is 2.38. The first kappa shape index (κ1) is 24.3. The second kappa shape index (κ2) is 11.5. The van der Waals surface area contributed by atoms with Crippen LogP contribution in [0.15, 0.2) is 29.3 Å². The molecule has 5 rings (SSSR count). The van der Waals surface area contributed by atoms with Gasteiger partial charge in [0.25, 0.3) is 5.91 Å². The van der Waals surface area contributed by atoms with Gasteiger partial charge in [-0.25, -0.2) is 10.1 Å². The largest absolute Gasteiger partial charge is 0.494 e. The van der Waals surface area contributed by atoms with Gasteiger partial charge in [-0.3, -0.25) is 19.9 Å². The van der Waals surface area contributed by atoms with Gasteiger partial charge >= 0.3 is 4.87 Å². The minimum atomic E-state index is -0.428. The number of methoxy groups -OCH3 is 1. The Labute approximate surface area is 205 Å². The zero-order valence-corrected chi connectivity index (χ0v) is 20.4. The summed E-state index contributed by atoms with van der Waals surface area (Å²) in [5.74, 6) is 0.436. The molecule has 0 aromatic carbocycles. The maximum absolute atomic E-state index is 12.9. The normalized spacial score (nSPS) is 15.6. The number of nitrogens with one attached hydrogen (secondary N) is 2. The van der Waals surface area contributed by atoms with Crippen LogP contribution >= 0.6 is 22.9 Å². The van der Waals surface area contributed by atoms with Gasteiger partial charge in [-0.1, -0.05) is 24.4 Å². The van der Waals surface area contributed by atoms with E-state index in [4.69, 9.17) is 21.1 Å². The van der Waals surface area contributed by atoms with E-state index in [1.165, 1.54) is 39.0 Å². The molecule has 180 valence electrons. The first-order chi connectivity index (χ1) is 16.5. The number of amides is 1. The molecule has 3 aromatic heterocycles. The summed E-state index contributed by atoms with van der Waals surface area (Å²) in [7, 11) is 1.54. The van der Waals surface area contributed by atoms with Crippen molar-refractivity contribution < 1.29 is 14.3 Å². The number of H-pyrrole nitrogens is 1. The lowest BCUT2D eigenvalue weighted by molar-refractivity contribution is 0.102. The Bertz CT molecular complexity index is 1180. The maximum atomic E-state index is 12.9. The quantitative estimate of drug-likeness (QED) is 0.486. The van der Waals surface area contributed by atoms with Crippen LogP contribution in [0.4, 0.5) is 5.13 Å². The summed E-state index contributed by atoms with van der Waals surface area (Å²) in [6.07, 6.45) is 10.1. The smallest absolute Gasteiger partial charge is 0.324 e. The average molecular weight is 504 g/mol. The summed E-state index contributed by atoms with van der Waals surface area (Å²) in [5, 5.41) is 9.18. The fraction of sp³-hybridized carbons (Fsp3) is 0.435. The third-order valence-corrected chi connectivity index (χ3v) is 6.64. The van der Waals surface area contributed by atoms with E-state index in [9.17, 15) is 9.59 Å². The second-order valence-electron chi connectivity index (χ2n) is 8.04. The van der Waals surface area contributed by atoms with Gasteiger partial charge in [0.1, 0.15) is 10.9 Å². The molecule has 4 heterocycles. The zero-order chi connectivity index (χ0) is 23.9. The van der Waals surface area contributed by atoms with Crippen LogP contribution in [0.5, 0.6) is 5.75 Å². The molecular formula is C23H26ClN5O4S. The van der Waals surface area contributed by atoms with Gasteiger partial charge in [0.15, 0.2) is 0 Å². The van der Waals surface area contributed by atoms with Crippen LogP contribution in [0.1, 0.15) is 60.5 Å². The number of carbonyl (C=O) groups excluding carboxylic acids is 1. The molecule has 1 saturated carbocycles. The Hall–Kier alpha value is -2.82. The number of rotatable bonds is 5. The summed E-state index contributed by atoms with van der Waals surface area (Å²) in [4.78, 5) is 32.5. The lowest BCUT2D eigenvalue weighted by atomic mass is 9.95. The number of aromatic amines is 1. The van der Waals surface area contributed by atoms with Crippen LogP contribution in [0.2, 0.25) is 5.15 Å². The number of hydrogen-bond acceptors (Lipinski definition) is 8. The third-order valence-electron chi connectivity index (χ3n) is 5.77. The van der Waals surface area contributed by atoms with Gasteiger partial charge in [0.2, 0.25) is 5.13 Å². The second-order valence-corrected chi connectivity index (χ2v) is 9.38. The van der Waals surface area contributed by atoms with E-state index < -0.39 is 5.91 Å². The molecule has 3 aromatic rings. The van der Waals surface area contributed by atoms with Crippen LogP contribution < -0.4 is 14.9 Å². The van der Waals surface area contributed by atoms with E-state index in [2.05, 4.69) is 25.5 Å². The Morgan fingerprint density at radius 3 is 2.53 bits per heavy atom. The fourth-order valence-corrected chi connectivity index (χ4v) is 4.73. The van der Waals surface area contributed by atoms with Crippen LogP contribution in [0, 0.1) is 0 Å². The van der Waals surface area contributed by atoms with E-state index in [1.54, 1.807) is 12.3 Å². The molecule has 11 heteroatoms. The number of carbonyl (C=O) groups is 1. The molecule has 1 amide bonds. The number of ether oxygens (including phenoxy) is 2. The number of anilines is 1. The van der Waals surface area contributed by atoms with Crippen molar-refractivity contribution in [3.63, 3.8) is 0 Å². The lowest BCUT2D eigenvalue weighted by Crippen LogP contribution is -2.14. The van der Waals surface area contributed by atoms with Crippen molar-refractivity contribution in [3.8, 4) is 16.9 Å². The van der Waals surface area contributed by atoms with Crippen molar-refractivity contribution in [2.24, 2.45) is 0 Å². The van der Waals surface area contributed by atoms with Crippen molar-refractivity contribution >= 4 is 34.0 Å². The van der Waals surface area contributed by atoms with E-state index in [0.29, 0.717) is 28.4 Å². The standard InChI is InChI=1S/C19H18ClN5O3S.C4H8O/c1-28-15-9-22-16(20)7-12(15)11-6-14(10-4-2-3-5-10)21-8-13(11)17(26)23-18-24-25-19(27)29-18;1-2-4-5-3-1/h6-10H,2-5H2,1H3,(H,25,27)(H,23,24,26);1-4H2. The molecule has 9 nitrogen and oxygen atoms in total. The van der Waals surface area contributed by atoms with Gasteiger partial charge in [-0.2, -0.15) is 0 Å². The molecule has 0 atom stereocenters. The Morgan fingerprint density at radius 2 is 1.91 bits per heavy atom. The van der Waals surface area contributed by atoms with Crippen LogP contribution in [-0.2, 0) is 4.74 Å². The van der Waals surface area contributed by atoms with Gasteiger partial charge < -0.3 is 9.47 Å². The average Bonchev–Trinajstić information content (AvgIpc) is 3.63. The molecule has 0 unspecified atom stereocenters. The minimum absolute atomic E-state index is 0.186. The number of halogens is 1. The molecular weight excluding hydrogens is 478 g/mol. The SMILES string of the molecule is C1CCOC1.COc1cnc(Cl)cc1-c1cc(C2CCCC2)ncc1C(=O)Nc1n[nH]c(=O)s1. The van der Waals surface area contributed by atoms with Crippen molar-refractivity contribution in [2.75, 3.05) is 25.6 Å². The van der Waals surface area contributed by atoms with Crippen molar-refractivity contribution in [2.45, 2.75) is 44.4 Å². The molecule has 1 aliphatic heterocycles. The first-order valence-corrected chi connectivity index (χ1v) is 12.4. The molecule has 0 bridgehead atoms. The number of hydrogen-bond donors (Lipinski definition) is 2. The number of nitrogens with zero attached hydrogens (tertiary/aromatic N) is 3. The molecule has 34 heavy (non-hydrogen) atoms. The molecule has 2 fully saturated rings. The van der Waals surface area contributed by atoms with E-state index in [1.807, 2.05) is 6.07 Å². The summed E-state index contributed by atoms with van der Waals surface area (Å²) in [6.45, 7) is 2.00. The number of pyridine rings is 2. The number of aromatic nitrogens is 4. The molecule has 0 radical (unpaired) electrons. The molecule has 2 N–H and O–H groups in total.